The highest BCUT2D eigenvalue weighted by Gasteiger charge is 2.35. The number of nitrogens with zero attached hydrogens (tertiary/aromatic N) is 3. The molecule has 3 aliphatic rings. The minimum atomic E-state index is -4.35. The number of rotatable bonds is 9. The van der Waals surface area contributed by atoms with Crippen LogP contribution in [0.2, 0.25) is 0 Å². The number of anilines is 2. The lowest BCUT2D eigenvalue weighted by molar-refractivity contribution is -0.126. The first-order valence-electron chi connectivity index (χ1n) is 18.2. The fourth-order valence-electron chi connectivity index (χ4n) is 7.37. The van der Waals surface area contributed by atoms with Crippen LogP contribution in [0.3, 0.4) is 0 Å². The molecule has 0 spiro atoms. The zero-order valence-electron chi connectivity index (χ0n) is 31.4. The Morgan fingerprint density at radius 1 is 0.836 bits per heavy atom. The normalized spacial score (nSPS) is 15.1. The van der Waals surface area contributed by atoms with Crippen LogP contribution in [0.4, 0.5) is 17.1 Å². The van der Waals surface area contributed by atoms with Crippen LogP contribution in [-0.4, -0.2) is 58.7 Å². The molecule has 7 rings (SSSR count). The first-order chi connectivity index (χ1) is 26.1. The van der Waals surface area contributed by atoms with Gasteiger partial charge in [0.25, 0.3) is 10.1 Å². The first kappa shape index (κ1) is 38.1. The highest BCUT2D eigenvalue weighted by molar-refractivity contribution is 7.89. The maximum Gasteiger partial charge on any atom is 0.294 e. The van der Waals surface area contributed by atoms with Gasteiger partial charge >= 0.3 is 0 Å². The Morgan fingerprint density at radius 2 is 1.49 bits per heavy atom. The van der Waals surface area contributed by atoms with Crippen LogP contribution in [0.15, 0.2) is 123 Å². The Bertz CT molecular complexity index is 2680. The molecule has 0 unspecified atom stereocenters. The maximum absolute atomic E-state index is 14.5. The lowest BCUT2D eigenvalue weighted by Crippen LogP contribution is -2.41. The van der Waals surface area contributed by atoms with Crippen LogP contribution in [-0.2, 0) is 24.9 Å². The van der Waals surface area contributed by atoms with Crippen molar-refractivity contribution in [1.82, 2.24) is 8.88 Å². The second-order valence-corrected chi connectivity index (χ2v) is 17.8. The smallest absolute Gasteiger partial charge is 0.294 e. The van der Waals surface area contributed by atoms with E-state index in [-0.39, 0.29) is 40.5 Å². The molecule has 12 heteroatoms. The average Bonchev–Trinajstić information content (AvgIpc) is 3.18. The van der Waals surface area contributed by atoms with Crippen LogP contribution in [0, 0.1) is 18.8 Å². The standard InChI is InChI=1S/C43H43N3O7S2/c1-28(2)43(47)30-22-24-46(25-23-30)54(48,49)41-9-7-6-8-38(41)42-36-20-16-33(44(4)31-12-10-29(3)11-13-31)26-39(36)53-40-27-34(17-21-37(40)42)45(5)32-14-18-35(19-15-32)55(50,51)52/h6-21,26-28,30H,22-25H2,1-5H3/p+1. The predicted molar refractivity (Wildman–Crippen MR) is 216 cm³/mol. The van der Waals surface area contributed by atoms with Crippen molar-refractivity contribution in [2.45, 2.75) is 43.4 Å². The lowest BCUT2D eigenvalue weighted by Gasteiger charge is -2.32. The summed E-state index contributed by atoms with van der Waals surface area (Å²) in [5, 5.41) is 1.58. The molecule has 0 bridgehead atoms. The minimum absolute atomic E-state index is 0.0953. The first-order valence-corrected chi connectivity index (χ1v) is 21.1. The van der Waals surface area contributed by atoms with Crippen LogP contribution in [0.25, 0.3) is 33.4 Å². The number of carbonyl (C=O) groups excluding carboxylic acids is 1. The molecule has 0 atom stereocenters. The van der Waals surface area contributed by atoms with Crippen molar-refractivity contribution in [2.75, 3.05) is 32.1 Å². The summed E-state index contributed by atoms with van der Waals surface area (Å²) in [6.07, 6.45) is 0.973. The van der Waals surface area contributed by atoms with Crippen molar-refractivity contribution in [2.24, 2.45) is 11.8 Å². The molecule has 1 saturated heterocycles. The molecule has 55 heavy (non-hydrogen) atoms. The van der Waals surface area contributed by atoms with E-state index in [0.29, 0.717) is 46.4 Å². The van der Waals surface area contributed by atoms with E-state index in [9.17, 15) is 26.2 Å². The van der Waals surface area contributed by atoms with Gasteiger partial charge in [-0.05, 0) is 68.3 Å². The van der Waals surface area contributed by atoms with Gasteiger partial charge in [0, 0.05) is 89.7 Å². The number of Topliss-reactive ketones (excluding diaryl/α,β-unsaturated/α-hetero) is 1. The molecule has 284 valence electrons. The van der Waals surface area contributed by atoms with Crippen molar-refractivity contribution in [1.29, 1.82) is 0 Å². The number of piperidine rings is 1. The molecule has 0 radical (unpaired) electrons. The predicted octanol–water partition coefficient (Wildman–Crippen LogP) is 7.89. The van der Waals surface area contributed by atoms with Crippen molar-refractivity contribution in [3.63, 3.8) is 0 Å². The third-order valence-electron chi connectivity index (χ3n) is 10.6. The van der Waals surface area contributed by atoms with Gasteiger partial charge in [0.05, 0.1) is 15.9 Å². The molecule has 2 aliphatic heterocycles. The Balaban J connectivity index is 1.39. The molecule has 0 amide bonds. The van der Waals surface area contributed by atoms with Crippen molar-refractivity contribution in [3.05, 3.63) is 120 Å². The fraction of sp³-hybridized carbons (Fsp3) is 0.256. The summed E-state index contributed by atoms with van der Waals surface area (Å²) in [5.74, 6) is 0.486. The molecule has 4 aromatic rings. The number of ketones is 1. The highest BCUT2D eigenvalue weighted by Crippen LogP contribution is 2.44. The van der Waals surface area contributed by atoms with Gasteiger partial charge in [-0.25, -0.2) is 8.42 Å². The number of hydrogen-bond acceptors (Lipinski definition) is 7. The lowest BCUT2D eigenvalue weighted by atomic mass is 9.88. The van der Waals surface area contributed by atoms with E-state index in [0.717, 1.165) is 27.9 Å². The van der Waals surface area contributed by atoms with Gasteiger partial charge in [0.2, 0.25) is 21.1 Å². The second-order valence-electron chi connectivity index (χ2n) is 14.5. The summed E-state index contributed by atoms with van der Waals surface area (Å²) in [7, 11) is -4.50. The number of fused-ring (bicyclic) bond motifs is 2. The third kappa shape index (κ3) is 7.47. The van der Waals surface area contributed by atoms with Crippen molar-refractivity contribution < 1.29 is 30.6 Å². The SMILES string of the molecule is Cc1ccc(/[N+](C)=c2\ccc3c(-c4ccccc4S(=O)(=O)N4CCC(C(=O)C(C)C)CC4)c4ccc(N(C)c5ccc(S(=O)(=O)O)cc5)cc4oc-3c2)cc1. The monoisotopic (exact) mass is 778 g/mol. The summed E-state index contributed by atoms with van der Waals surface area (Å²) in [5.41, 5.74) is 6.03. The molecule has 1 aliphatic carbocycles. The molecule has 4 aromatic carbocycles. The van der Waals surface area contributed by atoms with E-state index in [2.05, 4.69) is 28.8 Å². The van der Waals surface area contributed by atoms with Crippen LogP contribution < -0.4 is 14.8 Å². The van der Waals surface area contributed by atoms with Crippen molar-refractivity contribution >= 4 is 54.0 Å². The number of hydrogen-bond donors (Lipinski definition) is 1. The van der Waals surface area contributed by atoms with E-state index < -0.39 is 20.1 Å². The topological polar surface area (TPSA) is 128 Å². The Morgan fingerprint density at radius 3 is 2.15 bits per heavy atom. The summed E-state index contributed by atoms with van der Waals surface area (Å²) < 4.78 is 72.1. The molecule has 0 saturated carbocycles. The van der Waals surface area contributed by atoms with Crippen LogP contribution in [0.5, 0.6) is 0 Å². The van der Waals surface area contributed by atoms with E-state index in [1.807, 2.05) is 88.3 Å². The third-order valence-corrected chi connectivity index (χ3v) is 13.4. The van der Waals surface area contributed by atoms with Gasteiger partial charge in [0.15, 0.2) is 0 Å². The number of carbonyl (C=O) groups is 1. The second kappa shape index (κ2) is 14.8. The number of benzene rings is 5. The van der Waals surface area contributed by atoms with Crippen LogP contribution >= 0.6 is 0 Å². The molecule has 2 heterocycles. The van der Waals surface area contributed by atoms with E-state index in [4.69, 9.17) is 4.42 Å². The van der Waals surface area contributed by atoms with Gasteiger partial charge in [-0.3, -0.25) is 9.35 Å². The average molecular weight is 779 g/mol. The van der Waals surface area contributed by atoms with Crippen LogP contribution in [0.1, 0.15) is 32.3 Å². The molecule has 1 N–H and O–H groups in total. The van der Waals surface area contributed by atoms with E-state index in [1.165, 1.54) is 16.4 Å². The fourth-order valence-corrected chi connectivity index (χ4v) is 9.52. The highest BCUT2D eigenvalue weighted by atomic mass is 32.2. The summed E-state index contributed by atoms with van der Waals surface area (Å²) in [4.78, 5) is 14.6. The Hall–Kier alpha value is -5.14. The number of aryl methyl sites for hydroxylation is 1. The minimum Gasteiger partial charge on any atom is -0.456 e. The summed E-state index contributed by atoms with van der Waals surface area (Å²) in [6, 6.07) is 32.8. The van der Waals surface area contributed by atoms with E-state index in [1.54, 1.807) is 24.3 Å². The molecule has 0 aromatic heterocycles. The Labute approximate surface area is 322 Å². The Kier molecular flexibility index (Phi) is 10.3. The molecule has 10 nitrogen and oxygen atoms in total. The van der Waals surface area contributed by atoms with Gasteiger partial charge in [-0.15, -0.1) is 0 Å². The van der Waals surface area contributed by atoms with Gasteiger partial charge in [0.1, 0.15) is 24.2 Å². The van der Waals surface area contributed by atoms with Crippen molar-refractivity contribution in [3.8, 4) is 22.5 Å². The van der Waals surface area contributed by atoms with Gasteiger partial charge < -0.3 is 9.32 Å². The maximum atomic E-state index is 14.5. The number of sulfonamides is 1. The summed E-state index contributed by atoms with van der Waals surface area (Å²) >= 11 is 0. The molecular formula is C43H44N3O7S2+. The summed E-state index contributed by atoms with van der Waals surface area (Å²) in [6.45, 7) is 6.34. The van der Waals surface area contributed by atoms with Gasteiger partial charge in [-0.1, -0.05) is 49.7 Å². The quantitative estimate of drug-likeness (QED) is 0.0892. The largest absolute Gasteiger partial charge is 0.456 e. The van der Waals surface area contributed by atoms with E-state index >= 15 is 0 Å². The zero-order valence-corrected chi connectivity index (χ0v) is 33.1. The molecular weight excluding hydrogens is 735 g/mol. The van der Waals surface area contributed by atoms with Gasteiger partial charge in [-0.2, -0.15) is 17.3 Å². The molecule has 1 fully saturated rings. The zero-order chi connectivity index (χ0) is 39.2.